The van der Waals surface area contributed by atoms with Crippen molar-refractivity contribution in [2.24, 2.45) is 5.73 Å². The maximum atomic E-state index is 12.2. The van der Waals surface area contributed by atoms with Gasteiger partial charge in [-0.1, -0.05) is 54.6 Å². The molecule has 0 atom stereocenters. The topological polar surface area (TPSA) is 58.4 Å². The number of carbonyl (C=O) groups is 1. The number of nitrogens with one attached hydrogen (secondary N) is 1. The molecule has 0 heterocycles. The number of aryl methyl sites for hydroxylation is 1. The molecule has 0 saturated carbocycles. The minimum atomic E-state index is 0.0414. The Morgan fingerprint density at radius 3 is 2.46 bits per heavy atom. The molecular weight excluding hydrogens is 298 g/mol. The lowest BCUT2D eigenvalue weighted by atomic mass is 10.1. The van der Waals surface area contributed by atoms with Crippen molar-refractivity contribution in [3.63, 3.8) is 0 Å². The summed E-state index contributed by atoms with van der Waals surface area (Å²) in [6.45, 7) is 5.13. The number of nitrogens with two attached hydrogens (primary N) is 1. The molecule has 3 N–H and O–H groups in total. The Kier molecular flexibility index (Phi) is 7.46. The van der Waals surface area contributed by atoms with Crippen molar-refractivity contribution in [2.75, 3.05) is 26.2 Å². The zero-order valence-corrected chi connectivity index (χ0v) is 14.4. The average molecular weight is 325 g/mol. The van der Waals surface area contributed by atoms with E-state index in [1.807, 2.05) is 36.4 Å². The van der Waals surface area contributed by atoms with Crippen LogP contribution in [0.2, 0.25) is 0 Å². The highest BCUT2D eigenvalue weighted by atomic mass is 16.2. The van der Waals surface area contributed by atoms with Crippen LogP contribution >= 0.6 is 0 Å². The molecule has 0 saturated heterocycles. The van der Waals surface area contributed by atoms with Gasteiger partial charge in [-0.05, 0) is 30.0 Å². The molecular formula is C20H27N3O. The van der Waals surface area contributed by atoms with Gasteiger partial charge in [-0.2, -0.15) is 0 Å². The predicted molar refractivity (Wildman–Crippen MR) is 98.7 cm³/mol. The van der Waals surface area contributed by atoms with Crippen LogP contribution in [0.15, 0.2) is 54.6 Å². The highest BCUT2D eigenvalue weighted by molar-refractivity contribution is 5.78. The first-order valence-electron chi connectivity index (χ1n) is 8.46. The number of nitrogens with zero attached hydrogens (tertiary/aromatic N) is 1. The monoisotopic (exact) mass is 325 g/mol. The molecule has 4 nitrogen and oxygen atoms in total. The number of hydrogen-bond donors (Lipinski definition) is 2. The van der Waals surface area contributed by atoms with Crippen molar-refractivity contribution in [2.45, 2.75) is 19.9 Å². The third-order valence-electron chi connectivity index (χ3n) is 4.11. The van der Waals surface area contributed by atoms with Gasteiger partial charge in [0.15, 0.2) is 0 Å². The molecule has 0 aliphatic rings. The lowest BCUT2D eigenvalue weighted by Crippen LogP contribution is -2.40. The molecule has 0 aliphatic carbocycles. The predicted octanol–water partition coefficient (Wildman–Crippen LogP) is 2.11. The third kappa shape index (κ3) is 6.14. The summed E-state index contributed by atoms with van der Waals surface area (Å²) < 4.78 is 0. The van der Waals surface area contributed by atoms with E-state index in [9.17, 15) is 4.79 Å². The van der Waals surface area contributed by atoms with Crippen LogP contribution < -0.4 is 11.1 Å². The van der Waals surface area contributed by atoms with Gasteiger partial charge in [-0.3, -0.25) is 9.69 Å². The highest BCUT2D eigenvalue weighted by Gasteiger charge is 2.10. The second-order valence-electron chi connectivity index (χ2n) is 6.00. The van der Waals surface area contributed by atoms with Gasteiger partial charge in [0, 0.05) is 26.2 Å². The van der Waals surface area contributed by atoms with Crippen LogP contribution in [0.25, 0.3) is 0 Å². The lowest BCUT2D eigenvalue weighted by Gasteiger charge is -2.21. The zero-order valence-electron chi connectivity index (χ0n) is 14.4. The van der Waals surface area contributed by atoms with E-state index in [0.29, 0.717) is 19.6 Å². The number of hydrogen-bond acceptors (Lipinski definition) is 3. The van der Waals surface area contributed by atoms with Gasteiger partial charge in [0.25, 0.3) is 0 Å². The number of amides is 1. The van der Waals surface area contributed by atoms with Crippen molar-refractivity contribution >= 4 is 5.91 Å². The summed E-state index contributed by atoms with van der Waals surface area (Å²) in [5.74, 6) is 0.0414. The summed E-state index contributed by atoms with van der Waals surface area (Å²) in [4.78, 5) is 14.3. The van der Waals surface area contributed by atoms with Crippen LogP contribution in [0, 0.1) is 6.92 Å². The van der Waals surface area contributed by atoms with Crippen molar-refractivity contribution in [3.05, 3.63) is 71.3 Å². The Balaban J connectivity index is 1.80. The van der Waals surface area contributed by atoms with Gasteiger partial charge in [0.1, 0.15) is 0 Å². The molecule has 24 heavy (non-hydrogen) atoms. The Bertz CT molecular complexity index is 628. The standard InChI is InChI=1S/C20H27N3O/c1-17-7-5-6-10-19(17)15-22-20(24)16-23(14-12-21)13-11-18-8-3-2-4-9-18/h2-10H,11-16,21H2,1H3,(H,22,24). The third-order valence-corrected chi connectivity index (χ3v) is 4.11. The average Bonchev–Trinajstić information content (AvgIpc) is 2.60. The first-order valence-corrected chi connectivity index (χ1v) is 8.46. The maximum Gasteiger partial charge on any atom is 0.234 e. The normalized spacial score (nSPS) is 10.8. The zero-order chi connectivity index (χ0) is 17.2. The van der Waals surface area contributed by atoms with Gasteiger partial charge < -0.3 is 11.1 Å². The summed E-state index contributed by atoms with van der Waals surface area (Å²) in [6.07, 6.45) is 0.923. The molecule has 0 bridgehead atoms. The fourth-order valence-corrected chi connectivity index (χ4v) is 2.65. The van der Waals surface area contributed by atoms with Gasteiger partial charge in [0.2, 0.25) is 5.91 Å². The van der Waals surface area contributed by atoms with Crippen LogP contribution in [0.4, 0.5) is 0 Å². The second kappa shape index (κ2) is 9.85. The summed E-state index contributed by atoms with van der Waals surface area (Å²) in [5, 5.41) is 3.01. The molecule has 0 unspecified atom stereocenters. The SMILES string of the molecule is Cc1ccccc1CNC(=O)CN(CCN)CCc1ccccc1. The van der Waals surface area contributed by atoms with Crippen molar-refractivity contribution in [1.29, 1.82) is 0 Å². The molecule has 0 aromatic heterocycles. The van der Waals surface area contributed by atoms with E-state index >= 15 is 0 Å². The minimum Gasteiger partial charge on any atom is -0.351 e. The van der Waals surface area contributed by atoms with Crippen LogP contribution in [0.5, 0.6) is 0 Å². The minimum absolute atomic E-state index is 0.0414. The number of rotatable bonds is 9. The second-order valence-corrected chi connectivity index (χ2v) is 6.00. The Labute approximate surface area is 144 Å². The Morgan fingerprint density at radius 1 is 1.04 bits per heavy atom. The Hall–Kier alpha value is -2.17. The van der Waals surface area contributed by atoms with E-state index in [2.05, 4.69) is 35.3 Å². The van der Waals surface area contributed by atoms with Gasteiger partial charge >= 0.3 is 0 Å². The van der Waals surface area contributed by atoms with E-state index < -0.39 is 0 Å². The smallest absolute Gasteiger partial charge is 0.234 e. The van der Waals surface area contributed by atoms with Gasteiger partial charge in [0.05, 0.1) is 6.54 Å². The first kappa shape index (κ1) is 18.2. The molecule has 0 aliphatic heterocycles. The van der Waals surface area contributed by atoms with Crippen LogP contribution in [-0.2, 0) is 17.8 Å². The fraction of sp³-hybridized carbons (Fsp3) is 0.350. The fourth-order valence-electron chi connectivity index (χ4n) is 2.65. The number of benzene rings is 2. The molecule has 0 spiro atoms. The van der Waals surface area contributed by atoms with Gasteiger partial charge in [-0.25, -0.2) is 0 Å². The van der Waals surface area contributed by atoms with Crippen molar-refractivity contribution < 1.29 is 4.79 Å². The van der Waals surface area contributed by atoms with Crippen molar-refractivity contribution in [3.8, 4) is 0 Å². The lowest BCUT2D eigenvalue weighted by molar-refractivity contribution is -0.122. The number of carbonyl (C=O) groups excluding carboxylic acids is 1. The van der Waals surface area contributed by atoms with E-state index in [4.69, 9.17) is 5.73 Å². The molecule has 4 heteroatoms. The van der Waals surface area contributed by atoms with Gasteiger partial charge in [-0.15, -0.1) is 0 Å². The maximum absolute atomic E-state index is 12.2. The first-order chi connectivity index (χ1) is 11.7. The highest BCUT2D eigenvalue weighted by Crippen LogP contribution is 2.06. The molecule has 0 radical (unpaired) electrons. The van der Waals surface area contributed by atoms with Crippen LogP contribution in [0.3, 0.4) is 0 Å². The molecule has 1 amide bonds. The molecule has 2 rings (SSSR count). The molecule has 0 fully saturated rings. The molecule has 128 valence electrons. The summed E-state index contributed by atoms with van der Waals surface area (Å²) in [6, 6.07) is 18.4. The van der Waals surface area contributed by atoms with E-state index in [1.165, 1.54) is 11.1 Å². The quantitative estimate of drug-likeness (QED) is 0.742. The molecule has 2 aromatic rings. The van der Waals surface area contributed by atoms with E-state index in [-0.39, 0.29) is 5.91 Å². The summed E-state index contributed by atoms with van der Waals surface area (Å²) in [5.41, 5.74) is 9.31. The van der Waals surface area contributed by atoms with E-state index in [1.54, 1.807) is 0 Å². The van der Waals surface area contributed by atoms with E-state index in [0.717, 1.165) is 25.1 Å². The Morgan fingerprint density at radius 2 is 1.75 bits per heavy atom. The molecule has 2 aromatic carbocycles. The largest absolute Gasteiger partial charge is 0.351 e. The van der Waals surface area contributed by atoms with Crippen molar-refractivity contribution in [1.82, 2.24) is 10.2 Å². The van der Waals surface area contributed by atoms with Crippen LogP contribution in [-0.4, -0.2) is 37.0 Å². The summed E-state index contributed by atoms with van der Waals surface area (Å²) in [7, 11) is 0. The summed E-state index contributed by atoms with van der Waals surface area (Å²) >= 11 is 0. The van der Waals surface area contributed by atoms with Crippen LogP contribution in [0.1, 0.15) is 16.7 Å².